The molecule has 0 saturated heterocycles. The summed E-state index contributed by atoms with van der Waals surface area (Å²) in [4.78, 5) is 13.7. The maximum absolute atomic E-state index is 5.57. The molecule has 5 heteroatoms. The van der Waals surface area contributed by atoms with Crippen LogP contribution in [0.1, 0.15) is 49.8 Å². The lowest BCUT2D eigenvalue weighted by atomic mass is 10.0. The van der Waals surface area contributed by atoms with Crippen LogP contribution in [0.4, 0.5) is 5.82 Å². The van der Waals surface area contributed by atoms with E-state index in [4.69, 9.17) is 10.8 Å². The second kappa shape index (κ2) is 6.18. The van der Waals surface area contributed by atoms with E-state index < -0.39 is 0 Å². The average Bonchev–Trinajstić information content (AvgIpc) is 3.09. The van der Waals surface area contributed by atoms with Gasteiger partial charge >= 0.3 is 0 Å². The highest BCUT2D eigenvalue weighted by molar-refractivity contribution is 5.57. The van der Waals surface area contributed by atoms with Crippen LogP contribution in [0.25, 0.3) is 11.5 Å². The first-order valence-electron chi connectivity index (χ1n) is 7.61. The summed E-state index contributed by atoms with van der Waals surface area (Å²) < 4.78 is 0. The predicted octanol–water partition coefficient (Wildman–Crippen LogP) is 3.04. The minimum absolute atomic E-state index is 0.521. The number of hydrogen-bond acceptors (Lipinski definition) is 5. The topological polar surface area (TPSA) is 76.7 Å². The minimum Gasteiger partial charge on any atom is -0.308 e. The quantitative estimate of drug-likeness (QED) is 0.666. The standard InChI is InChI=1S/C16H21N5/c1-2-11-8-5-9-18-15(11)16-19-13(10-14(20-16)21-17)12-6-3-4-7-12/h5,8-10,12H,2-4,6-7,17H2,1H3,(H,19,20,21). The average molecular weight is 283 g/mol. The van der Waals surface area contributed by atoms with E-state index in [1.807, 2.05) is 12.1 Å². The number of pyridine rings is 1. The van der Waals surface area contributed by atoms with Gasteiger partial charge in [-0.25, -0.2) is 15.8 Å². The van der Waals surface area contributed by atoms with E-state index in [0.717, 1.165) is 23.4 Å². The van der Waals surface area contributed by atoms with Crippen molar-refractivity contribution in [3.8, 4) is 11.5 Å². The van der Waals surface area contributed by atoms with Crippen molar-refractivity contribution in [2.45, 2.75) is 44.9 Å². The van der Waals surface area contributed by atoms with Gasteiger partial charge in [0.25, 0.3) is 0 Å². The molecule has 1 aliphatic rings. The van der Waals surface area contributed by atoms with Crippen molar-refractivity contribution >= 4 is 5.82 Å². The van der Waals surface area contributed by atoms with Gasteiger partial charge in [-0.05, 0) is 30.9 Å². The van der Waals surface area contributed by atoms with Gasteiger partial charge in [0.05, 0.1) is 0 Å². The van der Waals surface area contributed by atoms with Crippen LogP contribution in [0, 0.1) is 0 Å². The monoisotopic (exact) mass is 283 g/mol. The molecule has 2 aromatic rings. The van der Waals surface area contributed by atoms with Crippen LogP contribution in [0.15, 0.2) is 24.4 Å². The van der Waals surface area contributed by atoms with Crippen LogP contribution in [0.2, 0.25) is 0 Å². The Balaban J connectivity index is 2.06. The molecule has 0 amide bonds. The lowest BCUT2D eigenvalue weighted by Crippen LogP contribution is -2.12. The van der Waals surface area contributed by atoms with Crippen LogP contribution in [0.5, 0.6) is 0 Å². The van der Waals surface area contributed by atoms with E-state index in [1.165, 1.54) is 25.7 Å². The molecule has 1 aliphatic carbocycles. The van der Waals surface area contributed by atoms with Crippen molar-refractivity contribution in [3.05, 3.63) is 35.7 Å². The zero-order valence-corrected chi connectivity index (χ0v) is 12.3. The highest BCUT2D eigenvalue weighted by Gasteiger charge is 2.21. The zero-order chi connectivity index (χ0) is 14.7. The fraction of sp³-hybridized carbons (Fsp3) is 0.438. The fourth-order valence-electron chi connectivity index (χ4n) is 3.00. The third-order valence-electron chi connectivity index (χ3n) is 4.15. The van der Waals surface area contributed by atoms with Crippen molar-refractivity contribution in [2.24, 2.45) is 5.84 Å². The molecule has 21 heavy (non-hydrogen) atoms. The SMILES string of the molecule is CCc1cccnc1-c1nc(NN)cc(C2CCCC2)n1. The third-order valence-corrected chi connectivity index (χ3v) is 4.15. The lowest BCUT2D eigenvalue weighted by Gasteiger charge is -2.13. The summed E-state index contributed by atoms with van der Waals surface area (Å²) in [6.07, 6.45) is 7.65. The molecule has 0 aromatic carbocycles. The van der Waals surface area contributed by atoms with E-state index in [1.54, 1.807) is 6.20 Å². The van der Waals surface area contributed by atoms with Gasteiger partial charge in [-0.15, -0.1) is 0 Å². The Morgan fingerprint density at radius 1 is 1.29 bits per heavy atom. The highest BCUT2D eigenvalue weighted by Crippen LogP contribution is 2.34. The number of aryl methyl sites for hydroxylation is 1. The van der Waals surface area contributed by atoms with Crippen LogP contribution in [-0.4, -0.2) is 15.0 Å². The summed E-state index contributed by atoms with van der Waals surface area (Å²) >= 11 is 0. The summed E-state index contributed by atoms with van der Waals surface area (Å²) in [6.45, 7) is 2.11. The number of rotatable bonds is 4. The van der Waals surface area contributed by atoms with Crippen LogP contribution in [0.3, 0.4) is 0 Å². The first-order valence-corrected chi connectivity index (χ1v) is 7.61. The number of hydrogen-bond donors (Lipinski definition) is 2. The number of hydrazine groups is 1. The van der Waals surface area contributed by atoms with Crippen molar-refractivity contribution in [1.82, 2.24) is 15.0 Å². The highest BCUT2D eigenvalue weighted by atomic mass is 15.3. The Hall–Kier alpha value is -2.01. The maximum atomic E-state index is 5.57. The van der Waals surface area contributed by atoms with Gasteiger partial charge in [-0.1, -0.05) is 25.8 Å². The van der Waals surface area contributed by atoms with Crippen molar-refractivity contribution in [3.63, 3.8) is 0 Å². The van der Waals surface area contributed by atoms with Crippen LogP contribution in [-0.2, 0) is 6.42 Å². The smallest absolute Gasteiger partial charge is 0.180 e. The van der Waals surface area contributed by atoms with Gasteiger partial charge in [-0.3, -0.25) is 4.98 Å². The molecule has 3 rings (SSSR count). The summed E-state index contributed by atoms with van der Waals surface area (Å²) in [6, 6.07) is 5.99. The Morgan fingerprint density at radius 3 is 2.81 bits per heavy atom. The normalized spacial score (nSPS) is 15.3. The Morgan fingerprint density at radius 2 is 2.10 bits per heavy atom. The largest absolute Gasteiger partial charge is 0.308 e. The second-order valence-electron chi connectivity index (χ2n) is 5.49. The Bertz CT molecular complexity index is 620. The molecule has 2 heterocycles. The lowest BCUT2D eigenvalue weighted by molar-refractivity contribution is 0.695. The number of aromatic nitrogens is 3. The molecule has 1 saturated carbocycles. The Kier molecular flexibility index (Phi) is 4.10. The molecule has 0 atom stereocenters. The van der Waals surface area contributed by atoms with Crippen LogP contribution < -0.4 is 11.3 Å². The van der Waals surface area contributed by atoms with Gasteiger partial charge in [0.2, 0.25) is 0 Å². The first-order chi connectivity index (χ1) is 10.3. The number of nitrogens with two attached hydrogens (primary N) is 1. The second-order valence-corrected chi connectivity index (χ2v) is 5.49. The Labute approximate surface area is 125 Å². The number of anilines is 1. The molecule has 110 valence electrons. The van der Waals surface area contributed by atoms with Gasteiger partial charge in [0.1, 0.15) is 11.5 Å². The third kappa shape index (κ3) is 2.88. The molecule has 3 N–H and O–H groups in total. The van der Waals surface area contributed by atoms with Crippen molar-refractivity contribution in [2.75, 3.05) is 5.43 Å². The summed E-state index contributed by atoms with van der Waals surface area (Å²) in [7, 11) is 0. The number of nitrogens with zero attached hydrogens (tertiary/aromatic N) is 3. The molecule has 0 unspecified atom stereocenters. The molecular weight excluding hydrogens is 262 g/mol. The van der Waals surface area contributed by atoms with Gasteiger partial charge in [0.15, 0.2) is 5.82 Å². The molecule has 0 aliphatic heterocycles. The minimum atomic E-state index is 0.521. The molecule has 2 aromatic heterocycles. The maximum Gasteiger partial charge on any atom is 0.180 e. The summed E-state index contributed by atoms with van der Waals surface area (Å²) in [5, 5.41) is 0. The first kappa shape index (κ1) is 13.9. The van der Waals surface area contributed by atoms with Gasteiger partial charge in [-0.2, -0.15) is 0 Å². The van der Waals surface area contributed by atoms with Crippen molar-refractivity contribution < 1.29 is 0 Å². The van der Waals surface area contributed by atoms with Crippen molar-refractivity contribution in [1.29, 1.82) is 0 Å². The number of nitrogens with one attached hydrogen (secondary N) is 1. The van der Waals surface area contributed by atoms with Gasteiger partial charge in [0, 0.05) is 23.9 Å². The van der Waals surface area contributed by atoms with Gasteiger partial charge < -0.3 is 5.43 Å². The number of nitrogen functional groups attached to an aromatic ring is 1. The van der Waals surface area contributed by atoms with E-state index in [0.29, 0.717) is 17.6 Å². The van der Waals surface area contributed by atoms with Crippen LogP contribution >= 0.6 is 0 Å². The van der Waals surface area contributed by atoms with E-state index in [2.05, 4.69) is 28.4 Å². The molecule has 0 radical (unpaired) electrons. The zero-order valence-electron chi connectivity index (χ0n) is 12.3. The fourth-order valence-corrected chi connectivity index (χ4v) is 3.00. The van der Waals surface area contributed by atoms with E-state index in [-0.39, 0.29) is 0 Å². The van der Waals surface area contributed by atoms with E-state index in [9.17, 15) is 0 Å². The molecule has 1 fully saturated rings. The summed E-state index contributed by atoms with van der Waals surface area (Å²) in [5.41, 5.74) is 5.76. The molecular formula is C16H21N5. The van der Waals surface area contributed by atoms with E-state index >= 15 is 0 Å². The molecule has 5 nitrogen and oxygen atoms in total. The predicted molar refractivity (Wildman–Crippen MR) is 83.7 cm³/mol. The molecule has 0 spiro atoms. The molecule has 0 bridgehead atoms. The summed E-state index contributed by atoms with van der Waals surface area (Å²) in [5.74, 6) is 7.43.